The Bertz CT molecular complexity index is 461. The molecule has 1 fully saturated rings. The standard InChI is InChI=1S/C14H17BrClNO2/c1-9(14(18)17-11-4-2-3-5-11)19-13-7-6-10(16)8-12(13)15/h6-9,11H,2-5H2,1H3,(H,17,18)/t9-/m1/s1. The third-order valence-corrected chi connectivity index (χ3v) is 4.12. The van der Waals surface area contributed by atoms with Gasteiger partial charge in [-0.2, -0.15) is 0 Å². The second kappa shape index (κ2) is 6.62. The van der Waals surface area contributed by atoms with Crippen LogP contribution >= 0.6 is 27.5 Å². The Kier molecular flexibility index (Phi) is 5.11. The number of nitrogens with one attached hydrogen (secondary N) is 1. The zero-order valence-electron chi connectivity index (χ0n) is 10.8. The molecule has 1 atom stereocenters. The second-order valence-electron chi connectivity index (χ2n) is 4.82. The van der Waals surface area contributed by atoms with Gasteiger partial charge in [0.25, 0.3) is 5.91 Å². The van der Waals surface area contributed by atoms with E-state index in [1.54, 1.807) is 25.1 Å². The average molecular weight is 347 g/mol. The van der Waals surface area contributed by atoms with E-state index in [9.17, 15) is 4.79 Å². The van der Waals surface area contributed by atoms with E-state index in [0.29, 0.717) is 16.8 Å². The van der Waals surface area contributed by atoms with E-state index in [-0.39, 0.29) is 5.91 Å². The van der Waals surface area contributed by atoms with Crippen LogP contribution in [0.4, 0.5) is 0 Å². The molecule has 5 heteroatoms. The molecule has 104 valence electrons. The zero-order valence-corrected chi connectivity index (χ0v) is 13.1. The van der Waals surface area contributed by atoms with Crippen molar-refractivity contribution in [2.24, 2.45) is 0 Å². The maximum atomic E-state index is 12.0. The van der Waals surface area contributed by atoms with E-state index >= 15 is 0 Å². The van der Waals surface area contributed by atoms with Crippen molar-refractivity contribution in [2.45, 2.75) is 44.8 Å². The molecule has 0 saturated heterocycles. The van der Waals surface area contributed by atoms with Gasteiger partial charge < -0.3 is 10.1 Å². The zero-order chi connectivity index (χ0) is 13.8. The summed E-state index contributed by atoms with van der Waals surface area (Å²) in [6, 6.07) is 5.56. The van der Waals surface area contributed by atoms with Gasteiger partial charge in [0.15, 0.2) is 6.10 Å². The summed E-state index contributed by atoms with van der Waals surface area (Å²) in [6.07, 6.45) is 4.02. The lowest BCUT2D eigenvalue weighted by molar-refractivity contribution is -0.127. The van der Waals surface area contributed by atoms with Crippen LogP contribution in [0.25, 0.3) is 0 Å². The molecule has 1 saturated carbocycles. The van der Waals surface area contributed by atoms with E-state index in [0.717, 1.165) is 17.3 Å². The van der Waals surface area contributed by atoms with Crippen LogP contribution in [0.15, 0.2) is 22.7 Å². The van der Waals surface area contributed by atoms with Gasteiger partial charge in [-0.3, -0.25) is 4.79 Å². The van der Waals surface area contributed by atoms with E-state index in [1.807, 2.05) is 0 Å². The van der Waals surface area contributed by atoms with Crippen molar-refractivity contribution in [2.75, 3.05) is 0 Å². The van der Waals surface area contributed by atoms with Gasteiger partial charge in [0.1, 0.15) is 5.75 Å². The number of amides is 1. The number of hydrogen-bond acceptors (Lipinski definition) is 2. The molecule has 1 amide bonds. The van der Waals surface area contributed by atoms with Gasteiger partial charge in [-0.1, -0.05) is 24.4 Å². The largest absolute Gasteiger partial charge is 0.480 e. The molecule has 3 nitrogen and oxygen atoms in total. The fourth-order valence-electron chi connectivity index (χ4n) is 2.20. The highest BCUT2D eigenvalue weighted by Crippen LogP contribution is 2.28. The summed E-state index contributed by atoms with van der Waals surface area (Å²) in [6.45, 7) is 1.76. The summed E-state index contributed by atoms with van der Waals surface area (Å²) in [5.41, 5.74) is 0. The maximum Gasteiger partial charge on any atom is 0.260 e. The summed E-state index contributed by atoms with van der Waals surface area (Å²) >= 11 is 9.24. The molecule has 2 rings (SSSR count). The van der Waals surface area contributed by atoms with Crippen molar-refractivity contribution in [1.82, 2.24) is 5.32 Å². The first-order valence-electron chi connectivity index (χ1n) is 6.48. The molecule has 0 aromatic heterocycles. The minimum Gasteiger partial charge on any atom is -0.480 e. The smallest absolute Gasteiger partial charge is 0.260 e. The Labute approximate surface area is 126 Å². The van der Waals surface area contributed by atoms with Crippen molar-refractivity contribution in [3.05, 3.63) is 27.7 Å². The predicted octanol–water partition coefficient (Wildman–Crippen LogP) is 3.93. The minimum atomic E-state index is -0.516. The Hall–Kier alpha value is -0.740. The molecular formula is C14H17BrClNO2. The van der Waals surface area contributed by atoms with Crippen LogP contribution in [0.1, 0.15) is 32.6 Å². The van der Waals surface area contributed by atoms with Crippen molar-refractivity contribution in [3.8, 4) is 5.75 Å². The normalized spacial score (nSPS) is 17.2. The van der Waals surface area contributed by atoms with Gasteiger partial charge in [0.2, 0.25) is 0 Å². The van der Waals surface area contributed by atoms with Crippen molar-refractivity contribution >= 4 is 33.4 Å². The van der Waals surface area contributed by atoms with Crippen LogP contribution in [0.5, 0.6) is 5.75 Å². The van der Waals surface area contributed by atoms with Gasteiger partial charge >= 0.3 is 0 Å². The van der Waals surface area contributed by atoms with Gasteiger partial charge in [0.05, 0.1) is 4.47 Å². The Balaban J connectivity index is 1.92. The first-order chi connectivity index (χ1) is 9.06. The molecule has 1 aliphatic rings. The number of ether oxygens (including phenoxy) is 1. The number of carbonyl (C=O) groups is 1. The topological polar surface area (TPSA) is 38.3 Å². The molecule has 1 aromatic carbocycles. The van der Waals surface area contributed by atoms with E-state index in [4.69, 9.17) is 16.3 Å². The third kappa shape index (κ3) is 4.11. The van der Waals surface area contributed by atoms with Crippen molar-refractivity contribution in [3.63, 3.8) is 0 Å². The monoisotopic (exact) mass is 345 g/mol. The van der Waals surface area contributed by atoms with Crippen LogP contribution in [0.2, 0.25) is 5.02 Å². The summed E-state index contributed by atoms with van der Waals surface area (Å²) in [5.74, 6) is 0.562. The van der Waals surface area contributed by atoms with E-state index in [1.165, 1.54) is 12.8 Å². The highest BCUT2D eigenvalue weighted by molar-refractivity contribution is 9.10. The van der Waals surface area contributed by atoms with Gasteiger partial charge in [-0.25, -0.2) is 0 Å². The van der Waals surface area contributed by atoms with Gasteiger partial charge in [-0.15, -0.1) is 0 Å². The Morgan fingerprint density at radius 2 is 2.16 bits per heavy atom. The van der Waals surface area contributed by atoms with E-state index in [2.05, 4.69) is 21.2 Å². The number of halogens is 2. The lowest BCUT2D eigenvalue weighted by Crippen LogP contribution is -2.41. The summed E-state index contributed by atoms with van der Waals surface area (Å²) in [5, 5.41) is 3.65. The molecule has 1 aliphatic carbocycles. The molecule has 19 heavy (non-hydrogen) atoms. The quantitative estimate of drug-likeness (QED) is 0.897. The Morgan fingerprint density at radius 3 is 2.79 bits per heavy atom. The van der Waals surface area contributed by atoms with Gasteiger partial charge in [-0.05, 0) is 53.9 Å². The molecule has 1 N–H and O–H groups in total. The molecule has 0 bridgehead atoms. The van der Waals surface area contributed by atoms with Crippen molar-refractivity contribution in [1.29, 1.82) is 0 Å². The molecule has 1 aromatic rings. The fourth-order valence-corrected chi connectivity index (χ4v) is 2.98. The first-order valence-corrected chi connectivity index (χ1v) is 7.65. The third-order valence-electron chi connectivity index (χ3n) is 3.27. The number of benzene rings is 1. The number of carbonyl (C=O) groups excluding carboxylic acids is 1. The van der Waals surface area contributed by atoms with Crippen LogP contribution in [-0.4, -0.2) is 18.1 Å². The maximum absolute atomic E-state index is 12.0. The SMILES string of the molecule is C[C@@H](Oc1ccc(Cl)cc1Br)C(=O)NC1CCCC1. The second-order valence-corrected chi connectivity index (χ2v) is 6.12. The molecule has 0 radical (unpaired) electrons. The first kappa shape index (κ1) is 14.7. The van der Waals surface area contributed by atoms with Crippen LogP contribution < -0.4 is 10.1 Å². The molecule has 0 aliphatic heterocycles. The lowest BCUT2D eigenvalue weighted by atomic mass is 10.2. The van der Waals surface area contributed by atoms with Gasteiger partial charge in [0, 0.05) is 11.1 Å². The van der Waals surface area contributed by atoms with Crippen LogP contribution in [0, 0.1) is 0 Å². The number of hydrogen-bond donors (Lipinski definition) is 1. The number of rotatable bonds is 4. The molecular weight excluding hydrogens is 330 g/mol. The summed E-state index contributed by atoms with van der Waals surface area (Å²) in [4.78, 5) is 12.0. The van der Waals surface area contributed by atoms with Crippen LogP contribution in [0.3, 0.4) is 0 Å². The van der Waals surface area contributed by atoms with Crippen LogP contribution in [-0.2, 0) is 4.79 Å². The Morgan fingerprint density at radius 1 is 1.47 bits per heavy atom. The average Bonchev–Trinajstić information content (AvgIpc) is 2.85. The summed E-state index contributed by atoms with van der Waals surface area (Å²) < 4.78 is 6.41. The molecule has 0 unspecified atom stereocenters. The molecule has 0 spiro atoms. The summed E-state index contributed by atoms with van der Waals surface area (Å²) in [7, 11) is 0. The highest BCUT2D eigenvalue weighted by atomic mass is 79.9. The molecule has 0 heterocycles. The lowest BCUT2D eigenvalue weighted by Gasteiger charge is -2.18. The van der Waals surface area contributed by atoms with E-state index < -0.39 is 6.10 Å². The highest BCUT2D eigenvalue weighted by Gasteiger charge is 2.22. The minimum absolute atomic E-state index is 0.0613. The van der Waals surface area contributed by atoms with Crippen molar-refractivity contribution < 1.29 is 9.53 Å². The predicted molar refractivity (Wildman–Crippen MR) is 79.6 cm³/mol. The fraction of sp³-hybridized carbons (Fsp3) is 0.500.